The zero-order chi connectivity index (χ0) is 25.4. The van der Waals surface area contributed by atoms with E-state index in [-0.39, 0.29) is 40.4 Å². The number of furan rings is 1. The average Bonchev–Trinajstić information content (AvgIpc) is 3.28. The molecule has 180 valence electrons. The molecule has 1 aliphatic rings. The molecule has 8 heteroatoms. The Morgan fingerprint density at radius 1 is 0.944 bits per heavy atom. The van der Waals surface area contributed by atoms with E-state index in [1.54, 1.807) is 61.7 Å². The van der Waals surface area contributed by atoms with Crippen molar-refractivity contribution >= 4 is 40.1 Å². The third kappa shape index (κ3) is 4.02. The molecule has 1 heterocycles. The summed E-state index contributed by atoms with van der Waals surface area (Å²) in [6, 6.07) is 16.5. The molecule has 0 saturated carbocycles. The van der Waals surface area contributed by atoms with E-state index in [4.69, 9.17) is 13.9 Å². The van der Waals surface area contributed by atoms with Crippen LogP contribution < -0.4 is 10.1 Å². The van der Waals surface area contributed by atoms with Gasteiger partial charge >= 0.3 is 5.97 Å². The molecule has 0 bridgehead atoms. The lowest BCUT2D eigenvalue weighted by atomic mass is 9.83. The summed E-state index contributed by atoms with van der Waals surface area (Å²) in [7, 11) is 1.55. The Bertz CT molecular complexity index is 1550. The van der Waals surface area contributed by atoms with Crippen molar-refractivity contribution in [1.82, 2.24) is 0 Å². The zero-order valence-corrected chi connectivity index (χ0v) is 19.5. The molecular weight excluding hydrogens is 462 g/mol. The summed E-state index contributed by atoms with van der Waals surface area (Å²) in [6.07, 6.45) is 0.224. The largest absolute Gasteiger partial charge is 0.497 e. The van der Waals surface area contributed by atoms with Crippen LogP contribution in [0.4, 0.5) is 5.69 Å². The van der Waals surface area contributed by atoms with Crippen LogP contribution in [0.3, 0.4) is 0 Å². The number of ether oxygens (including phenoxy) is 2. The number of ketones is 2. The Hall–Kier alpha value is -4.72. The van der Waals surface area contributed by atoms with Crippen molar-refractivity contribution in [2.45, 2.75) is 19.4 Å². The van der Waals surface area contributed by atoms with Gasteiger partial charge in [-0.2, -0.15) is 0 Å². The minimum Gasteiger partial charge on any atom is -0.497 e. The smallest absolute Gasteiger partial charge is 0.311 e. The fourth-order valence-corrected chi connectivity index (χ4v) is 4.26. The Labute approximate surface area is 205 Å². The van der Waals surface area contributed by atoms with Crippen LogP contribution in [0.25, 0.3) is 11.0 Å². The summed E-state index contributed by atoms with van der Waals surface area (Å²) in [5, 5.41) is 3.38. The first-order chi connectivity index (χ1) is 17.4. The molecule has 1 N–H and O–H groups in total. The van der Waals surface area contributed by atoms with Gasteiger partial charge in [0, 0.05) is 33.7 Å². The van der Waals surface area contributed by atoms with E-state index in [1.807, 2.05) is 0 Å². The molecule has 0 aliphatic heterocycles. The summed E-state index contributed by atoms with van der Waals surface area (Å²) in [6.45, 7) is 1.43. The van der Waals surface area contributed by atoms with E-state index in [0.717, 1.165) is 5.39 Å². The molecule has 0 fully saturated rings. The molecule has 1 atom stereocenters. The van der Waals surface area contributed by atoms with Crippen LogP contribution >= 0.6 is 0 Å². The van der Waals surface area contributed by atoms with Gasteiger partial charge in [0.2, 0.25) is 0 Å². The quantitative estimate of drug-likeness (QED) is 0.358. The first-order valence-electron chi connectivity index (χ1n) is 11.2. The average molecular weight is 483 g/mol. The first-order valence-corrected chi connectivity index (χ1v) is 11.2. The highest BCUT2D eigenvalue weighted by atomic mass is 16.5. The molecule has 0 radical (unpaired) electrons. The number of fused-ring (bicyclic) bond motifs is 3. The van der Waals surface area contributed by atoms with Gasteiger partial charge in [-0.15, -0.1) is 0 Å². The van der Waals surface area contributed by atoms with Crippen LogP contribution in [0.2, 0.25) is 0 Å². The zero-order valence-electron chi connectivity index (χ0n) is 19.5. The molecule has 1 aromatic heterocycles. The second-order valence-corrected chi connectivity index (χ2v) is 8.35. The van der Waals surface area contributed by atoms with Gasteiger partial charge in [0.25, 0.3) is 5.91 Å². The summed E-state index contributed by atoms with van der Waals surface area (Å²) in [4.78, 5) is 51.4. The number of anilines is 1. The molecular formula is C28H21NO7. The van der Waals surface area contributed by atoms with Crippen molar-refractivity contribution < 1.29 is 33.1 Å². The second-order valence-electron chi connectivity index (χ2n) is 8.35. The summed E-state index contributed by atoms with van der Waals surface area (Å²) >= 11 is 0. The second kappa shape index (κ2) is 9.14. The van der Waals surface area contributed by atoms with Gasteiger partial charge in [-0.25, -0.2) is 0 Å². The number of esters is 1. The van der Waals surface area contributed by atoms with E-state index >= 15 is 0 Å². The highest BCUT2D eigenvalue weighted by molar-refractivity contribution is 6.30. The van der Waals surface area contributed by atoms with Crippen molar-refractivity contribution in [1.29, 1.82) is 0 Å². The lowest BCUT2D eigenvalue weighted by molar-refractivity contribution is -0.152. The predicted octanol–water partition coefficient (Wildman–Crippen LogP) is 4.33. The Kier molecular flexibility index (Phi) is 5.85. The normalized spacial score (nSPS) is 13.1. The number of hydrogen-bond acceptors (Lipinski definition) is 7. The fraction of sp³-hybridized carbons (Fsp3) is 0.143. The highest BCUT2D eigenvalue weighted by Crippen LogP contribution is 2.32. The maximum atomic E-state index is 13.1. The monoisotopic (exact) mass is 483 g/mol. The molecule has 8 nitrogen and oxygen atoms in total. The standard InChI is InChI=1S/C28H21NO7/c1-15(36-24(30)12-16-14-35-23-13-17(34-2)10-11-18(16)23)28(33)29-22-9-5-8-21-25(22)27(32)20-7-4-3-6-19(20)26(21)31/h3-11,13-15H,12H2,1-2H3,(H,29,33)/t15-/m0/s1. The van der Waals surface area contributed by atoms with Crippen LogP contribution in [0.1, 0.15) is 44.3 Å². The Morgan fingerprint density at radius 2 is 1.67 bits per heavy atom. The van der Waals surface area contributed by atoms with Gasteiger partial charge < -0.3 is 19.2 Å². The number of amides is 1. The van der Waals surface area contributed by atoms with Crippen molar-refractivity contribution in [3.8, 4) is 5.75 Å². The van der Waals surface area contributed by atoms with Crippen LogP contribution in [0.5, 0.6) is 5.75 Å². The van der Waals surface area contributed by atoms with E-state index in [9.17, 15) is 19.2 Å². The van der Waals surface area contributed by atoms with Gasteiger partial charge in [-0.1, -0.05) is 36.4 Å². The molecule has 0 unspecified atom stereocenters. The van der Waals surface area contributed by atoms with Gasteiger partial charge in [-0.3, -0.25) is 19.2 Å². The number of rotatable bonds is 6. The predicted molar refractivity (Wildman–Crippen MR) is 130 cm³/mol. The van der Waals surface area contributed by atoms with Crippen molar-refractivity contribution in [2.75, 3.05) is 12.4 Å². The first kappa shape index (κ1) is 23.0. The van der Waals surface area contributed by atoms with Crippen LogP contribution in [-0.2, 0) is 20.7 Å². The molecule has 36 heavy (non-hydrogen) atoms. The maximum absolute atomic E-state index is 13.1. The third-order valence-electron chi connectivity index (χ3n) is 6.09. The van der Waals surface area contributed by atoms with E-state index in [0.29, 0.717) is 22.5 Å². The topological polar surface area (TPSA) is 112 Å². The summed E-state index contributed by atoms with van der Waals surface area (Å²) in [5.74, 6) is -1.27. The minimum absolute atomic E-state index is 0.0958. The lowest BCUT2D eigenvalue weighted by Crippen LogP contribution is -2.32. The number of hydrogen-bond donors (Lipinski definition) is 1. The summed E-state index contributed by atoms with van der Waals surface area (Å²) in [5.41, 5.74) is 2.30. The van der Waals surface area contributed by atoms with Crippen LogP contribution in [0, 0.1) is 0 Å². The molecule has 1 amide bonds. The van der Waals surface area contributed by atoms with Gasteiger partial charge in [0.15, 0.2) is 17.7 Å². The molecule has 0 saturated heterocycles. The van der Waals surface area contributed by atoms with Crippen molar-refractivity contribution in [2.24, 2.45) is 0 Å². The summed E-state index contributed by atoms with van der Waals surface area (Å²) < 4.78 is 16.0. The van der Waals surface area contributed by atoms with Crippen molar-refractivity contribution in [3.05, 3.63) is 94.7 Å². The minimum atomic E-state index is -1.15. The number of carbonyl (C=O) groups excluding carboxylic acids is 4. The molecule has 0 spiro atoms. The van der Waals surface area contributed by atoms with Gasteiger partial charge in [0.05, 0.1) is 31.0 Å². The van der Waals surface area contributed by atoms with Gasteiger partial charge in [-0.05, 0) is 25.1 Å². The Morgan fingerprint density at radius 3 is 2.42 bits per heavy atom. The van der Waals surface area contributed by atoms with E-state index in [2.05, 4.69) is 5.32 Å². The van der Waals surface area contributed by atoms with E-state index < -0.39 is 18.0 Å². The number of nitrogens with one attached hydrogen (secondary N) is 1. The Balaban J connectivity index is 1.30. The molecule has 4 aromatic rings. The SMILES string of the molecule is COc1ccc2c(CC(=O)O[C@@H](C)C(=O)Nc3cccc4c3C(=O)c3ccccc3C4=O)coc2c1. The number of methoxy groups -OCH3 is 1. The van der Waals surface area contributed by atoms with E-state index in [1.165, 1.54) is 19.3 Å². The third-order valence-corrected chi connectivity index (χ3v) is 6.09. The number of carbonyl (C=O) groups is 4. The fourth-order valence-electron chi connectivity index (χ4n) is 4.26. The molecule has 5 rings (SSSR count). The van der Waals surface area contributed by atoms with Gasteiger partial charge in [0.1, 0.15) is 11.3 Å². The van der Waals surface area contributed by atoms with Crippen molar-refractivity contribution in [3.63, 3.8) is 0 Å². The number of benzene rings is 3. The van der Waals surface area contributed by atoms with Crippen LogP contribution in [0.15, 0.2) is 71.3 Å². The molecule has 3 aromatic carbocycles. The molecule has 1 aliphatic carbocycles. The maximum Gasteiger partial charge on any atom is 0.311 e. The lowest BCUT2D eigenvalue weighted by Gasteiger charge is -2.21. The van der Waals surface area contributed by atoms with Crippen LogP contribution in [-0.4, -0.2) is 36.7 Å². The highest BCUT2D eigenvalue weighted by Gasteiger charge is 2.32.